The van der Waals surface area contributed by atoms with E-state index >= 15 is 0 Å². The molecule has 0 radical (unpaired) electrons. The number of hydrogen-bond acceptors (Lipinski definition) is 9. The number of aromatic amines is 1. The number of nitrogens with zero attached hydrogens (tertiary/aromatic N) is 7. The normalized spacial score (nSPS) is 20.1. The van der Waals surface area contributed by atoms with Crippen LogP contribution in [-0.2, 0) is 14.2 Å². The monoisotopic (exact) mass is 814 g/mol. The molecule has 1 saturated carbocycles. The van der Waals surface area contributed by atoms with E-state index in [1.54, 1.807) is 0 Å². The first-order chi connectivity index (χ1) is 26.8. The lowest BCUT2D eigenvalue weighted by Crippen LogP contribution is -2.48. The Hall–Kier alpha value is -3.60. The smallest absolute Gasteiger partial charge is 0.410 e. The number of fused-ring (bicyclic) bond motifs is 3. The van der Waals surface area contributed by atoms with E-state index in [0.717, 1.165) is 102 Å². The van der Waals surface area contributed by atoms with Crippen LogP contribution in [0.5, 0.6) is 0 Å². The van der Waals surface area contributed by atoms with Crippen molar-refractivity contribution in [3.63, 3.8) is 0 Å². The van der Waals surface area contributed by atoms with E-state index in [4.69, 9.17) is 29.3 Å². The van der Waals surface area contributed by atoms with Crippen LogP contribution in [0.4, 0.5) is 10.6 Å². The van der Waals surface area contributed by atoms with E-state index in [9.17, 15) is 4.79 Å². The van der Waals surface area contributed by atoms with E-state index in [1.165, 1.54) is 5.56 Å². The van der Waals surface area contributed by atoms with Crippen molar-refractivity contribution in [1.29, 1.82) is 0 Å². The molecule has 3 fully saturated rings. The van der Waals surface area contributed by atoms with Gasteiger partial charge in [0.1, 0.15) is 30.6 Å². The first-order valence-corrected chi connectivity index (χ1v) is 28.6. The van der Waals surface area contributed by atoms with Crippen molar-refractivity contribution in [3.8, 4) is 22.6 Å². The Bertz CT molecular complexity index is 1990. The molecule has 7 rings (SSSR count). The number of hydrogen-bond donors (Lipinski definition) is 1. The topological polar surface area (TPSA) is 123 Å². The van der Waals surface area contributed by atoms with E-state index in [0.29, 0.717) is 32.6 Å². The zero-order valence-corrected chi connectivity index (χ0v) is 38.4. The predicted molar refractivity (Wildman–Crippen MR) is 233 cm³/mol. The summed E-state index contributed by atoms with van der Waals surface area (Å²) in [4.78, 5) is 36.4. The van der Waals surface area contributed by atoms with E-state index in [1.807, 2.05) is 62.5 Å². The van der Waals surface area contributed by atoms with Gasteiger partial charge < -0.3 is 29.0 Å². The van der Waals surface area contributed by atoms with Gasteiger partial charge in [-0.15, -0.1) is 0 Å². The molecule has 12 nitrogen and oxygen atoms in total. The van der Waals surface area contributed by atoms with Gasteiger partial charge in [0.25, 0.3) is 0 Å². The number of aryl methyl sites for hydroxylation is 2. The Morgan fingerprint density at radius 2 is 1.51 bits per heavy atom. The average Bonchev–Trinajstić information content (AvgIpc) is 3.70. The summed E-state index contributed by atoms with van der Waals surface area (Å²) < 4.78 is 21.1. The number of imidazole rings is 1. The van der Waals surface area contributed by atoms with Crippen molar-refractivity contribution >= 4 is 33.7 Å². The molecule has 4 aromatic rings. The van der Waals surface area contributed by atoms with Crippen LogP contribution in [0.1, 0.15) is 93.8 Å². The molecule has 1 N–H and O–H groups in total. The SMILES string of the molecule is Cc1nc(-c2ccc(-c3cnn4c(N(COCC[Si](C)(C)C)COCC[Si](C)(C)C)c(C5CC5)c([C@H]5C[C@H]6CC[C@@H](C5)N6C(=O)OC(C)(C)C)nc34)cn2)[nH]c1C. The summed E-state index contributed by atoms with van der Waals surface area (Å²) in [6.45, 7) is 26.5. The quantitative estimate of drug-likeness (QED) is 0.0710. The summed E-state index contributed by atoms with van der Waals surface area (Å²) in [5.41, 5.74) is 7.36. The highest BCUT2D eigenvalue weighted by atomic mass is 28.3. The minimum Gasteiger partial charge on any atom is -0.444 e. The van der Waals surface area contributed by atoms with Crippen molar-refractivity contribution in [3.05, 3.63) is 47.2 Å². The van der Waals surface area contributed by atoms with Gasteiger partial charge in [-0.1, -0.05) is 45.3 Å². The standard InChI is InChI=1S/C43H66N8O4Si2/c1-28-29(2)47-39(46-28)36-17-14-31(24-44-36)35-25-45-51-40(35)48-38(32-22-33-15-16-34(23-32)50(33)42(52)55-43(3,4)5)37(30-12-13-30)41(51)49(26-53-18-20-56(6,7)8)27-54-19-21-57(9,10)11/h14,17,24-25,30,32-34H,12-13,15-16,18-23,26-27H2,1-11H3,(H,46,47)/t32-,33+,34-. The molecule has 310 valence electrons. The molecule has 4 aromatic heterocycles. The molecule has 0 spiro atoms. The van der Waals surface area contributed by atoms with Crippen molar-refractivity contribution in [2.75, 3.05) is 31.6 Å². The summed E-state index contributed by atoms with van der Waals surface area (Å²) in [6, 6.07) is 6.55. The number of piperidine rings is 1. The summed E-state index contributed by atoms with van der Waals surface area (Å²) in [6.07, 6.45) is 9.58. The van der Waals surface area contributed by atoms with Crippen LogP contribution in [0.25, 0.3) is 28.3 Å². The molecule has 3 atom stereocenters. The molecule has 2 aliphatic heterocycles. The Balaban J connectivity index is 1.31. The van der Waals surface area contributed by atoms with Crippen LogP contribution in [0, 0.1) is 13.8 Å². The van der Waals surface area contributed by atoms with E-state index < -0.39 is 21.7 Å². The van der Waals surface area contributed by atoms with Crippen molar-refractivity contribution in [2.45, 2.75) is 154 Å². The van der Waals surface area contributed by atoms with Crippen molar-refractivity contribution < 1.29 is 19.0 Å². The Morgan fingerprint density at radius 3 is 2.02 bits per heavy atom. The number of pyridine rings is 1. The zero-order valence-electron chi connectivity index (χ0n) is 36.4. The molecule has 0 unspecified atom stereocenters. The maximum atomic E-state index is 13.5. The Kier molecular flexibility index (Phi) is 11.8. The number of amides is 1. The number of anilines is 1. The molecule has 57 heavy (non-hydrogen) atoms. The van der Waals surface area contributed by atoms with Gasteiger partial charge in [-0.2, -0.15) is 9.61 Å². The minimum atomic E-state index is -1.30. The van der Waals surface area contributed by atoms with Crippen LogP contribution in [0.3, 0.4) is 0 Å². The van der Waals surface area contributed by atoms with Gasteiger partial charge >= 0.3 is 6.09 Å². The second-order valence-electron chi connectivity index (χ2n) is 20.2. The maximum absolute atomic E-state index is 13.5. The van der Waals surface area contributed by atoms with Gasteiger partial charge in [-0.25, -0.2) is 14.8 Å². The summed E-state index contributed by atoms with van der Waals surface area (Å²) in [5, 5.41) is 5.11. The second kappa shape index (κ2) is 16.2. The second-order valence-corrected chi connectivity index (χ2v) is 31.4. The number of rotatable bonds is 15. The fourth-order valence-corrected chi connectivity index (χ4v) is 9.74. The Morgan fingerprint density at radius 1 is 0.877 bits per heavy atom. The average molecular weight is 815 g/mol. The number of nitrogens with one attached hydrogen (secondary N) is 1. The lowest BCUT2D eigenvalue weighted by atomic mass is 9.85. The largest absolute Gasteiger partial charge is 0.444 e. The third kappa shape index (κ3) is 9.83. The maximum Gasteiger partial charge on any atom is 0.410 e. The molecule has 3 aliphatic rings. The minimum absolute atomic E-state index is 0.123. The first-order valence-electron chi connectivity index (χ1n) is 21.2. The lowest BCUT2D eigenvalue weighted by molar-refractivity contribution is 0.00565. The van der Waals surface area contributed by atoms with E-state index in [-0.39, 0.29) is 24.1 Å². The molecular weight excluding hydrogens is 749 g/mol. The molecule has 2 saturated heterocycles. The Labute approximate surface area is 341 Å². The van der Waals surface area contributed by atoms with Crippen molar-refractivity contribution in [2.24, 2.45) is 0 Å². The third-order valence-electron chi connectivity index (χ3n) is 11.6. The molecule has 2 bridgehead atoms. The van der Waals surface area contributed by atoms with Crippen LogP contribution in [0.2, 0.25) is 51.4 Å². The third-order valence-corrected chi connectivity index (χ3v) is 15.0. The van der Waals surface area contributed by atoms with Gasteiger partial charge in [0.05, 0.1) is 17.6 Å². The summed E-state index contributed by atoms with van der Waals surface area (Å²) in [5.74, 6) is 2.36. The molecule has 1 aliphatic carbocycles. The van der Waals surface area contributed by atoms with Gasteiger partial charge in [0.2, 0.25) is 0 Å². The molecular formula is C43H66N8O4Si2. The highest BCUT2D eigenvalue weighted by molar-refractivity contribution is 6.76. The van der Waals surface area contributed by atoms with Crippen LogP contribution >= 0.6 is 0 Å². The summed E-state index contributed by atoms with van der Waals surface area (Å²) in [7, 11) is -2.59. The fraction of sp³-hybridized carbons (Fsp3) is 0.651. The highest BCUT2D eigenvalue weighted by Gasteiger charge is 2.47. The van der Waals surface area contributed by atoms with Gasteiger partial charge in [-0.3, -0.25) is 4.98 Å². The molecule has 0 aromatic carbocycles. The number of ether oxygens (including phenoxy) is 3. The van der Waals surface area contributed by atoms with Crippen LogP contribution in [0.15, 0.2) is 24.5 Å². The summed E-state index contributed by atoms with van der Waals surface area (Å²) >= 11 is 0. The molecule has 1 amide bonds. The van der Waals surface area contributed by atoms with Crippen molar-refractivity contribution in [1.82, 2.24) is 34.4 Å². The highest BCUT2D eigenvalue weighted by Crippen LogP contribution is 2.52. The number of carbonyl (C=O) groups excluding carboxylic acids is 1. The predicted octanol–water partition coefficient (Wildman–Crippen LogP) is 9.75. The number of aromatic nitrogens is 6. The van der Waals surface area contributed by atoms with Crippen LogP contribution < -0.4 is 4.90 Å². The van der Waals surface area contributed by atoms with Gasteiger partial charge in [0.15, 0.2) is 11.5 Å². The van der Waals surface area contributed by atoms with Crippen LogP contribution in [-0.4, -0.2) is 101 Å². The first kappa shape index (κ1) is 41.6. The molecule has 6 heterocycles. The van der Waals surface area contributed by atoms with Gasteiger partial charge in [-0.05, 0) is 97.2 Å². The number of carbonyl (C=O) groups is 1. The fourth-order valence-electron chi connectivity index (χ4n) is 8.23. The van der Waals surface area contributed by atoms with E-state index in [2.05, 4.69) is 60.2 Å². The lowest BCUT2D eigenvalue weighted by Gasteiger charge is -2.40. The number of H-pyrrole nitrogens is 1. The zero-order chi connectivity index (χ0) is 40.9. The van der Waals surface area contributed by atoms with Gasteiger partial charge in [0, 0.05) is 75.9 Å². The molecule has 14 heteroatoms.